The van der Waals surface area contributed by atoms with E-state index < -0.39 is 0 Å². The maximum absolute atomic E-state index is 2.00. The Morgan fingerprint density at radius 3 is 1.20 bits per heavy atom. The van der Waals surface area contributed by atoms with Gasteiger partial charge in [-0.15, -0.1) is 0 Å². The van der Waals surface area contributed by atoms with E-state index in [0.29, 0.717) is 0 Å². The topological polar surface area (TPSA) is 16.6 Å². The van der Waals surface area contributed by atoms with Crippen LogP contribution in [0.3, 0.4) is 0 Å². The Balaban J connectivity index is -0.0000000200. The molecule has 0 saturated heterocycles. The van der Waals surface area contributed by atoms with Gasteiger partial charge >= 0.3 is 17.6 Å². The zero-order chi connectivity index (χ0) is 2.71. The van der Waals surface area contributed by atoms with Gasteiger partial charge < -0.3 is 17.7 Å². The van der Waals surface area contributed by atoms with E-state index in [0.717, 1.165) is 0 Å². The van der Waals surface area contributed by atoms with Crippen molar-refractivity contribution in [2.45, 2.75) is 0 Å². The van der Waals surface area contributed by atoms with Crippen molar-refractivity contribution in [3.63, 3.8) is 0 Å². The second-order valence-electron chi connectivity index (χ2n) is 0.577. The van der Waals surface area contributed by atoms with Gasteiger partial charge in [0.05, 0.1) is 14.1 Å². The SMILES string of the molecule is C[NH2+]C.[Cl-].[GeH4]. The molecule has 0 fully saturated rings. The second kappa shape index (κ2) is 21.5. The van der Waals surface area contributed by atoms with Crippen LogP contribution in [0.2, 0.25) is 0 Å². The van der Waals surface area contributed by atoms with Crippen LogP contribution in [0.15, 0.2) is 0 Å². The van der Waals surface area contributed by atoms with Crippen LogP contribution in [-0.2, 0) is 0 Å². The average molecular weight is 158 g/mol. The van der Waals surface area contributed by atoms with Crippen molar-refractivity contribution >= 4 is 17.6 Å². The minimum absolute atomic E-state index is 0. The number of halogens is 1. The number of hydrogen-bond acceptors (Lipinski definition) is 0. The monoisotopic (exact) mass is 159 g/mol. The summed E-state index contributed by atoms with van der Waals surface area (Å²) in [6, 6.07) is 0. The van der Waals surface area contributed by atoms with Gasteiger partial charge in [0.2, 0.25) is 0 Å². The first kappa shape index (κ1) is 17.1. The third-order valence-electron chi connectivity index (χ3n) is 0. The van der Waals surface area contributed by atoms with Gasteiger partial charge in [-0.2, -0.15) is 0 Å². The van der Waals surface area contributed by atoms with Gasteiger partial charge in [0.25, 0.3) is 0 Å². The van der Waals surface area contributed by atoms with Crippen molar-refractivity contribution in [2.24, 2.45) is 0 Å². The molecule has 0 bridgehead atoms. The van der Waals surface area contributed by atoms with E-state index in [2.05, 4.69) is 0 Å². The molecular formula is C2H12ClGeN. The summed E-state index contributed by atoms with van der Waals surface area (Å²) in [6.07, 6.45) is 0. The van der Waals surface area contributed by atoms with E-state index in [9.17, 15) is 0 Å². The van der Waals surface area contributed by atoms with Gasteiger partial charge in [-0.3, -0.25) is 0 Å². The van der Waals surface area contributed by atoms with Crippen LogP contribution in [-0.4, -0.2) is 31.7 Å². The van der Waals surface area contributed by atoms with E-state index in [1.165, 1.54) is 0 Å². The third-order valence-corrected chi connectivity index (χ3v) is 0. The van der Waals surface area contributed by atoms with Gasteiger partial charge in [-0.05, 0) is 0 Å². The van der Waals surface area contributed by atoms with E-state index in [1.54, 1.807) is 0 Å². The molecule has 0 aromatic heterocycles. The van der Waals surface area contributed by atoms with Crippen LogP contribution >= 0.6 is 0 Å². The Kier molecular flexibility index (Phi) is 73.2. The van der Waals surface area contributed by atoms with Crippen LogP contribution in [0.25, 0.3) is 0 Å². The predicted molar refractivity (Wildman–Crippen MR) is 25.1 cm³/mol. The van der Waals surface area contributed by atoms with Crippen LogP contribution in [0.1, 0.15) is 0 Å². The Labute approximate surface area is 49.9 Å². The normalized spacial score (nSPS) is 3.60. The van der Waals surface area contributed by atoms with Crippen LogP contribution in [0.4, 0.5) is 0 Å². The van der Waals surface area contributed by atoms with Gasteiger partial charge in [-0.25, -0.2) is 0 Å². The maximum atomic E-state index is 2.00. The van der Waals surface area contributed by atoms with E-state index in [1.807, 2.05) is 19.4 Å². The molecule has 0 radical (unpaired) electrons. The van der Waals surface area contributed by atoms with Crippen molar-refractivity contribution in [3.05, 3.63) is 0 Å². The van der Waals surface area contributed by atoms with Crippen LogP contribution in [0, 0.1) is 0 Å². The standard InChI is InChI=1S/C2H7N.ClH.GeH4/c1-3-2;;/h3H,1-2H3;1H;1H4. The first-order valence-electron chi connectivity index (χ1n) is 1.15. The predicted octanol–water partition coefficient (Wildman–Crippen LogP) is -5.64. The molecule has 0 aliphatic rings. The molecule has 0 saturated carbocycles. The molecule has 0 spiro atoms. The average Bonchev–Trinajstić information content (AvgIpc) is 0.918. The molecule has 0 aromatic carbocycles. The van der Waals surface area contributed by atoms with Gasteiger partial charge in [0.1, 0.15) is 0 Å². The Morgan fingerprint density at radius 1 is 1.20 bits per heavy atom. The third kappa shape index (κ3) is 59.5. The van der Waals surface area contributed by atoms with Crippen LogP contribution in [0.5, 0.6) is 0 Å². The Morgan fingerprint density at radius 2 is 1.20 bits per heavy atom. The molecule has 0 aliphatic heterocycles. The summed E-state index contributed by atoms with van der Waals surface area (Å²) >= 11 is 0. The molecule has 0 aliphatic carbocycles. The number of nitrogens with two attached hydrogens (primary N) is 1. The Bertz CT molecular complexity index is 9.61. The molecule has 3 heteroatoms. The second-order valence-corrected chi connectivity index (χ2v) is 0.577. The van der Waals surface area contributed by atoms with Crippen LogP contribution < -0.4 is 17.7 Å². The molecule has 0 unspecified atom stereocenters. The first-order valence-corrected chi connectivity index (χ1v) is 1.15. The molecule has 0 heterocycles. The summed E-state index contributed by atoms with van der Waals surface area (Å²) in [7, 11) is 4.00. The van der Waals surface area contributed by atoms with Crippen molar-refractivity contribution in [2.75, 3.05) is 14.1 Å². The summed E-state index contributed by atoms with van der Waals surface area (Å²) < 4.78 is 0. The summed E-state index contributed by atoms with van der Waals surface area (Å²) in [5.74, 6) is 0. The van der Waals surface area contributed by atoms with E-state index >= 15 is 0 Å². The molecule has 5 heavy (non-hydrogen) atoms. The minimum atomic E-state index is 0. The number of quaternary nitrogens is 1. The number of hydrogen-bond donors (Lipinski definition) is 1. The zero-order valence-electron chi connectivity index (χ0n) is 2.96. The quantitative estimate of drug-likeness (QED) is 0.338. The van der Waals surface area contributed by atoms with Crippen molar-refractivity contribution in [3.8, 4) is 0 Å². The van der Waals surface area contributed by atoms with E-state index in [4.69, 9.17) is 0 Å². The fourth-order valence-electron chi connectivity index (χ4n) is 0. The van der Waals surface area contributed by atoms with Crippen molar-refractivity contribution < 1.29 is 17.7 Å². The first-order chi connectivity index (χ1) is 1.41. The van der Waals surface area contributed by atoms with Crippen molar-refractivity contribution in [1.82, 2.24) is 0 Å². The molecule has 0 rings (SSSR count). The summed E-state index contributed by atoms with van der Waals surface area (Å²) in [5, 5.41) is 2.00. The van der Waals surface area contributed by atoms with Gasteiger partial charge in [0.15, 0.2) is 0 Å². The van der Waals surface area contributed by atoms with Gasteiger partial charge in [0, 0.05) is 0 Å². The zero-order valence-corrected chi connectivity index (χ0v) is 3.71. The molecule has 0 atom stereocenters. The fourth-order valence-corrected chi connectivity index (χ4v) is 0. The summed E-state index contributed by atoms with van der Waals surface area (Å²) in [5.41, 5.74) is 0. The molecule has 36 valence electrons. The van der Waals surface area contributed by atoms with E-state index in [-0.39, 0.29) is 30.0 Å². The number of rotatable bonds is 0. The molecule has 0 aromatic rings. The molecule has 1 nitrogen and oxygen atoms in total. The molecule has 0 amide bonds. The molecular weight excluding hydrogens is 146 g/mol. The summed E-state index contributed by atoms with van der Waals surface area (Å²) in [4.78, 5) is 0. The fraction of sp³-hybridized carbons (Fsp3) is 1.00. The van der Waals surface area contributed by atoms with Crippen molar-refractivity contribution in [1.29, 1.82) is 0 Å². The van der Waals surface area contributed by atoms with Gasteiger partial charge in [-0.1, -0.05) is 0 Å². The summed E-state index contributed by atoms with van der Waals surface area (Å²) in [6.45, 7) is 0. The Hall–Kier alpha value is 0.793. The molecule has 2 N–H and O–H groups in total.